The van der Waals surface area contributed by atoms with Crippen LogP contribution in [0.4, 0.5) is 5.95 Å². The summed E-state index contributed by atoms with van der Waals surface area (Å²) in [7, 11) is 1.81. The average molecular weight is 234 g/mol. The highest BCUT2D eigenvalue weighted by Gasteiger charge is 2.25. The quantitative estimate of drug-likeness (QED) is 0.731. The van der Waals surface area contributed by atoms with Gasteiger partial charge in [0.2, 0.25) is 5.95 Å². The zero-order valence-corrected chi connectivity index (χ0v) is 10.1. The Balaban J connectivity index is 2.06. The molecule has 5 nitrogen and oxygen atoms in total. The standard InChI is InChI=1S/C12H18N4O/c1-15-11(17)9-3-2-4-10(9)14-12(15)16-6-5-8(13)7-16/h8H,2-7,13H2,1H3. The molecule has 17 heavy (non-hydrogen) atoms. The number of hydrogen-bond donors (Lipinski definition) is 1. The van der Waals surface area contributed by atoms with Crippen molar-refractivity contribution in [1.29, 1.82) is 0 Å². The van der Waals surface area contributed by atoms with Crippen molar-refractivity contribution < 1.29 is 0 Å². The van der Waals surface area contributed by atoms with Crippen LogP contribution in [0.15, 0.2) is 4.79 Å². The molecule has 2 aliphatic rings. The second-order valence-corrected chi connectivity index (χ2v) is 5.05. The first kappa shape index (κ1) is 10.8. The Labute approximate surface area is 100 Å². The number of aromatic nitrogens is 2. The number of hydrogen-bond acceptors (Lipinski definition) is 4. The predicted molar refractivity (Wildman–Crippen MR) is 66.3 cm³/mol. The van der Waals surface area contributed by atoms with Crippen LogP contribution in [-0.2, 0) is 19.9 Å². The van der Waals surface area contributed by atoms with Crippen LogP contribution in [0, 0.1) is 0 Å². The normalized spacial score (nSPS) is 23.2. The van der Waals surface area contributed by atoms with Crippen molar-refractivity contribution in [3.63, 3.8) is 0 Å². The Kier molecular flexibility index (Phi) is 2.43. The maximum Gasteiger partial charge on any atom is 0.258 e. The fourth-order valence-electron chi connectivity index (χ4n) is 2.82. The van der Waals surface area contributed by atoms with Crippen molar-refractivity contribution in [3.8, 4) is 0 Å². The Morgan fingerprint density at radius 1 is 1.41 bits per heavy atom. The van der Waals surface area contributed by atoms with Gasteiger partial charge in [-0.3, -0.25) is 9.36 Å². The molecule has 0 radical (unpaired) electrons. The van der Waals surface area contributed by atoms with Gasteiger partial charge < -0.3 is 10.6 Å². The summed E-state index contributed by atoms with van der Waals surface area (Å²) in [6.45, 7) is 1.71. The second kappa shape index (κ2) is 3.84. The molecule has 1 aromatic heterocycles. The van der Waals surface area contributed by atoms with E-state index >= 15 is 0 Å². The molecule has 0 amide bonds. The van der Waals surface area contributed by atoms with Crippen LogP contribution in [-0.4, -0.2) is 28.7 Å². The van der Waals surface area contributed by atoms with Gasteiger partial charge >= 0.3 is 0 Å². The van der Waals surface area contributed by atoms with E-state index in [1.165, 1.54) is 0 Å². The molecule has 0 aromatic carbocycles. The Bertz CT molecular complexity index is 508. The summed E-state index contributed by atoms with van der Waals surface area (Å²) < 4.78 is 1.68. The smallest absolute Gasteiger partial charge is 0.258 e. The number of nitrogens with two attached hydrogens (primary N) is 1. The van der Waals surface area contributed by atoms with Gasteiger partial charge in [0.05, 0.1) is 5.69 Å². The van der Waals surface area contributed by atoms with Crippen LogP contribution in [0.3, 0.4) is 0 Å². The van der Waals surface area contributed by atoms with Crippen LogP contribution < -0.4 is 16.2 Å². The second-order valence-electron chi connectivity index (χ2n) is 5.05. The van der Waals surface area contributed by atoms with Crippen molar-refractivity contribution in [2.75, 3.05) is 18.0 Å². The molecule has 1 aromatic rings. The molecular weight excluding hydrogens is 216 g/mol. The molecule has 0 saturated carbocycles. The van der Waals surface area contributed by atoms with Gasteiger partial charge in [0.1, 0.15) is 0 Å². The highest BCUT2D eigenvalue weighted by Crippen LogP contribution is 2.21. The lowest BCUT2D eigenvalue weighted by Gasteiger charge is -2.20. The van der Waals surface area contributed by atoms with E-state index in [2.05, 4.69) is 9.88 Å². The highest BCUT2D eigenvalue weighted by molar-refractivity contribution is 5.38. The molecular formula is C12H18N4O. The topological polar surface area (TPSA) is 64.2 Å². The molecule has 2 N–H and O–H groups in total. The molecule has 0 bridgehead atoms. The number of rotatable bonds is 1. The molecule has 1 fully saturated rings. The molecule has 5 heteroatoms. The first-order chi connectivity index (χ1) is 8.16. The lowest BCUT2D eigenvalue weighted by atomic mass is 10.2. The van der Waals surface area contributed by atoms with Crippen molar-refractivity contribution in [1.82, 2.24) is 9.55 Å². The fraction of sp³-hybridized carbons (Fsp3) is 0.667. The maximum atomic E-state index is 12.2. The molecule has 2 heterocycles. The number of nitrogens with zero attached hydrogens (tertiary/aromatic N) is 3. The summed E-state index contributed by atoms with van der Waals surface area (Å²) in [5.74, 6) is 0.795. The zero-order valence-electron chi connectivity index (χ0n) is 10.1. The lowest BCUT2D eigenvalue weighted by Crippen LogP contribution is -2.33. The van der Waals surface area contributed by atoms with Gasteiger partial charge in [0.15, 0.2) is 0 Å². The molecule has 1 aliphatic carbocycles. The van der Waals surface area contributed by atoms with E-state index in [0.717, 1.165) is 56.0 Å². The predicted octanol–water partition coefficient (Wildman–Crippen LogP) is -0.194. The van der Waals surface area contributed by atoms with Crippen LogP contribution in [0.1, 0.15) is 24.1 Å². The van der Waals surface area contributed by atoms with Gasteiger partial charge in [-0.15, -0.1) is 0 Å². The summed E-state index contributed by atoms with van der Waals surface area (Å²) >= 11 is 0. The van der Waals surface area contributed by atoms with E-state index in [0.29, 0.717) is 0 Å². The minimum atomic E-state index is 0.128. The van der Waals surface area contributed by atoms with Crippen LogP contribution in [0.5, 0.6) is 0 Å². The largest absolute Gasteiger partial charge is 0.341 e. The van der Waals surface area contributed by atoms with Gasteiger partial charge in [-0.1, -0.05) is 0 Å². The molecule has 1 saturated heterocycles. The minimum absolute atomic E-state index is 0.128. The van der Waals surface area contributed by atoms with Crippen molar-refractivity contribution in [3.05, 3.63) is 21.6 Å². The number of fused-ring (bicyclic) bond motifs is 1. The zero-order chi connectivity index (χ0) is 12.0. The number of anilines is 1. The fourth-order valence-corrected chi connectivity index (χ4v) is 2.82. The summed E-state index contributed by atoms with van der Waals surface area (Å²) in [5.41, 5.74) is 7.95. The van der Waals surface area contributed by atoms with Gasteiger partial charge in [-0.05, 0) is 25.7 Å². The molecule has 92 valence electrons. The summed E-state index contributed by atoms with van der Waals surface area (Å²) in [6.07, 6.45) is 3.86. The van der Waals surface area contributed by atoms with Gasteiger partial charge in [0.25, 0.3) is 5.56 Å². The minimum Gasteiger partial charge on any atom is -0.341 e. The van der Waals surface area contributed by atoms with E-state index in [1.807, 2.05) is 7.05 Å². The third kappa shape index (κ3) is 1.65. The van der Waals surface area contributed by atoms with E-state index in [1.54, 1.807) is 4.57 Å². The first-order valence-corrected chi connectivity index (χ1v) is 6.26. The monoisotopic (exact) mass is 234 g/mol. The van der Waals surface area contributed by atoms with Crippen LogP contribution >= 0.6 is 0 Å². The average Bonchev–Trinajstić information content (AvgIpc) is 2.91. The van der Waals surface area contributed by atoms with Crippen molar-refractivity contribution >= 4 is 5.95 Å². The van der Waals surface area contributed by atoms with Crippen LogP contribution in [0.25, 0.3) is 0 Å². The van der Waals surface area contributed by atoms with E-state index < -0.39 is 0 Å². The number of aryl methyl sites for hydroxylation is 1. The Morgan fingerprint density at radius 2 is 2.24 bits per heavy atom. The highest BCUT2D eigenvalue weighted by atomic mass is 16.1. The lowest BCUT2D eigenvalue weighted by molar-refractivity contribution is 0.729. The SMILES string of the molecule is Cn1c(N2CCC(N)C2)nc2c(c1=O)CCC2. The summed E-state index contributed by atoms with van der Waals surface area (Å²) in [4.78, 5) is 19.0. The van der Waals surface area contributed by atoms with E-state index in [4.69, 9.17) is 5.73 Å². The van der Waals surface area contributed by atoms with Crippen molar-refractivity contribution in [2.45, 2.75) is 31.7 Å². The maximum absolute atomic E-state index is 12.2. The molecule has 1 unspecified atom stereocenters. The van der Waals surface area contributed by atoms with Crippen molar-refractivity contribution in [2.24, 2.45) is 12.8 Å². The third-order valence-corrected chi connectivity index (χ3v) is 3.79. The molecule has 0 spiro atoms. The third-order valence-electron chi connectivity index (χ3n) is 3.79. The van der Waals surface area contributed by atoms with E-state index in [9.17, 15) is 4.79 Å². The van der Waals surface area contributed by atoms with Gasteiger partial charge in [-0.25, -0.2) is 4.98 Å². The Morgan fingerprint density at radius 3 is 2.94 bits per heavy atom. The molecule has 1 atom stereocenters. The molecule has 1 aliphatic heterocycles. The van der Waals surface area contributed by atoms with E-state index in [-0.39, 0.29) is 11.6 Å². The summed E-state index contributed by atoms with van der Waals surface area (Å²) in [6, 6.07) is 0.208. The molecule has 3 rings (SSSR count). The summed E-state index contributed by atoms with van der Waals surface area (Å²) in [5, 5.41) is 0. The van der Waals surface area contributed by atoms with Gasteiger partial charge in [0, 0.05) is 31.7 Å². The van der Waals surface area contributed by atoms with Gasteiger partial charge in [-0.2, -0.15) is 0 Å². The van der Waals surface area contributed by atoms with Crippen LogP contribution in [0.2, 0.25) is 0 Å². The Hall–Kier alpha value is -1.36. The first-order valence-electron chi connectivity index (χ1n) is 6.26.